The molecule has 1 aliphatic carbocycles. The van der Waals surface area contributed by atoms with E-state index in [0.29, 0.717) is 11.5 Å². The Morgan fingerprint density at radius 3 is 2.56 bits per heavy atom. The molecule has 3 aliphatic rings. The van der Waals surface area contributed by atoms with Crippen LogP contribution in [0.2, 0.25) is 0 Å². The fourth-order valence-electron chi connectivity index (χ4n) is 6.07. The van der Waals surface area contributed by atoms with Crippen LogP contribution in [-0.2, 0) is 16.0 Å². The van der Waals surface area contributed by atoms with Gasteiger partial charge in [-0.25, -0.2) is 9.18 Å². The van der Waals surface area contributed by atoms with Gasteiger partial charge in [0.2, 0.25) is 5.91 Å². The molecule has 0 aromatic heterocycles. The second-order valence-electron chi connectivity index (χ2n) is 11.5. The van der Waals surface area contributed by atoms with Crippen molar-refractivity contribution in [3.05, 3.63) is 35.1 Å². The van der Waals surface area contributed by atoms with E-state index in [1.54, 1.807) is 37.8 Å². The van der Waals surface area contributed by atoms with E-state index in [9.17, 15) is 14.9 Å². The number of carbonyl (C=O) groups excluding carboxylic acids is 2. The fraction of sp³-hybridized carbons (Fsp3) is 0.679. The Bertz CT molecular complexity index is 1010. The van der Waals surface area contributed by atoms with Crippen molar-refractivity contribution in [2.45, 2.75) is 95.9 Å². The fourth-order valence-corrected chi connectivity index (χ4v) is 6.07. The predicted octanol–water partition coefficient (Wildman–Crippen LogP) is 4.36. The van der Waals surface area contributed by atoms with Crippen molar-refractivity contribution < 1.29 is 18.7 Å². The van der Waals surface area contributed by atoms with Crippen LogP contribution in [-0.4, -0.2) is 65.2 Å². The number of benzene rings is 1. The molecule has 2 bridgehead atoms. The lowest BCUT2D eigenvalue weighted by atomic mass is 9.88. The van der Waals surface area contributed by atoms with E-state index in [2.05, 4.69) is 23.2 Å². The number of nitrogens with zero attached hydrogens (tertiary/aromatic N) is 3. The number of halogens is 1. The SMILES string of the molecule is CCN1CCC(c2ccc(C[C@@H](C#N)NC(=O)C3C4CCC(C4)N3C(=O)OC(C)(C)C)c(F)c2)CC1. The van der Waals surface area contributed by atoms with Crippen molar-refractivity contribution in [3.63, 3.8) is 0 Å². The highest BCUT2D eigenvalue weighted by Crippen LogP contribution is 2.43. The van der Waals surface area contributed by atoms with E-state index in [4.69, 9.17) is 4.74 Å². The molecule has 8 heteroatoms. The lowest BCUT2D eigenvalue weighted by Crippen LogP contribution is -2.55. The number of fused-ring (bicyclic) bond motifs is 2. The Kier molecular flexibility index (Phi) is 7.89. The zero-order chi connectivity index (χ0) is 26.0. The molecule has 196 valence electrons. The molecule has 0 spiro atoms. The van der Waals surface area contributed by atoms with Gasteiger partial charge in [-0.3, -0.25) is 9.69 Å². The molecule has 1 N–H and O–H groups in total. The second-order valence-corrected chi connectivity index (χ2v) is 11.5. The molecule has 36 heavy (non-hydrogen) atoms. The number of amides is 2. The van der Waals surface area contributed by atoms with Gasteiger partial charge in [0, 0.05) is 12.5 Å². The number of rotatable bonds is 6. The van der Waals surface area contributed by atoms with Crippen molar-refractivity contribution >= 4 is 12.0 Å². The van der Waals surface area contributed by atoms with E-state index in [1.165, 1.54) is 0 Å². The van der Waals surface area contributed by atoms with Gasteiger partial charge in [0.15, 0.2) is 0 Å². The minimum absolute atomic E-state index is 0.0182. The van der Waals surface area contributed by atoms with Crippen LogP contribution in [0.5, 0.6) is 0 Å². The van der Waals surface area contributed by atoms with Gasteiger partial charge in [-0.15, -0.1) is 0 Å². The maximum atomic E-state index is 15.0. The van der Waals surface area contributed by atoms with Crippen LogP contribution in [0.15, 0.2) is 18.2 Å². The Hall–Kier alpha value is -2.66. The van der Waals surface area contributed by atoms with Gasteiger partial charge in [-0.2, -0.15) is 5.26 Å². The molecule has 0 radical (unpaired) electrons. The molecule has 2 saturated heterocycles. The Morgan fingerprint density at radius 2 is 1.94 bits per heavy atom. The third-order valence-corrected chi connectivity index (χ3v) is 7.94. The van der Waals surface area contributed by atoms with Crippen LogP contribution >= 0.6 is 0 Å². The zero-order valence-corrected chi connectivity index (χ0v) is 21.9. The first-order chi connectivity index (χ1) is 17.1. The van der Waals surface area contributed by atoms with Gasteiger partial charge in [0.25, 0.3) is 0 Å². The van der Waals surface area contributed by atoms with E-state index >= 15 is 4.39 Å². The van der Waals surface area contributed by atoms with Crippen LogP contribution < -0.4 is 5.32 Å². The third-order valence-electron chi connectivity index (χ3n) is 7.94. The van der Waals surface area contributed by atoms with Crippen LogP contribution in [0.4, 0.5) is 9.18 Å². The van der Waals surface area contributed by atoms with Gasteiger partial charge >= 0.3 is 6.09 Å². The van der Waals surface area contributed by atoms with Crippen molar-refractivity contribution in [3.8, 4) is 6.07 Å². The van der Waals surface area contributed by atoms with Crippen molar-refractivity contribution in [2.75, 3.05) is 19.6 Å². The Labute approximate surface area is 214 Å². The van der Waals surface area contributed by atoms with Crippen molar-refractivity contribution in [1.82, 2.24) is 15.1 Å². The number of hydrogen-bond acceptors (Lipinski definition) is 5. The maximum absolute atomic E-state index is 15.0. The third kappa shape index (κ3) is 5.83. The topological polar surface area (TPSA) is 85.7 Å². The van der Waals surface area contributed by atoms with Gasteiger partial charge < -0.3 is 15.0 Å². The number of nitrogens with one attached hydrogen (secondary N) is 1. The standard InChI is InChI=1S/C28H39FN4O3/c1-5-32-12-10-18(11-13-32)19-6-7-20(24(29)16-19)14-22(17-30)31-26(34)25-21-8-9-23(15-21)33(25)27(35)36-28(2,3)4/h6-7,16,18,21-23,25H,5,8-15H2,1-4H3,(H,31,34)/t21?,22-,23?,25?/m0/s1. The van der Waals surface area contributed by atoms with Gasteiger partial charge in [0.1, 0.15) is 23.5 Å². The lowest BCUT2D eigenvalue weighted by Gasteiger charge is -2.35. The number of likely N-dealkylation sites (tertiary alicyclic amines) is 2. The molecule has 2 amide bonds. The number of hydrogen-bond donors (Lipinski definition) is 1. The van der Waals surface area contributed by atoms with Gasteiger partial charge in [0.05, 0.1) is 6.07 Å². The smallest absolute Gasteiger partial charge is 0.411 e. The Balaban J connectivity index is 1.40. The summed E-state index contributed by atoms with van der Waals surface area (Å²) in [5.74, 6) is -0.300. The zero-order valence-electron chi connectivity index (χ0n) is 21.9. The molecule has 3 unspecified atom stereocenters. The van der Waals surface area contributed by atoms with Crippen LogP contribution in [0.25, 0.3) is 0 Å². The molecule has 1 aromatic carbocycles. The molecular formula is C28H39FN4O3. The number of piperidine rings is 2. The monoisotopic (exact) mass is 498 g/mol. The molecule has 4 atom stereocenters. The van der Waals surface area contributed by atoms with Crippen LogP contribution in [0.3, 0.4) is 0 Å². The molecule has 1 aromatic rings. The van der Waals surface area contributed by atoms with Gasteiger partial charge in [-0.1, -0.05) is 19.1 Å². The first kappa shape index (κ1) is 26.4. The van der Waals surface area contributed by atoms with Crippen molar-refractivity contribution in [2.24, 2.45) is 5.92 Å². The quantitative estimate of drug-likeness (QED) is 0.630. The van der Waals surface area contributed by atoms with E-state index in [1.807, 2.05) is 6.07 Å². The molecule has 4 rings (SSSR count). The highest BCUT2D eigenvalue weighted by atomic mass is 19.1. The largest absolute Gasteiger partial charge is 0.444 e. The molecule has 2 heterocycles. The second kappa shape index (κ2) is 10.8. The molecule has 7 nitrogen and oxygen atoms in total. The molecule has 3 fully saturated rings. The lowest BCUT2D eigenvalue weighted by molar-refractivity contribution is -0.128. The average Bonchev–Trinajstić information content (AvgIpc) is 3.45. The molecular weight excluding hydrogens is 459 g/mol. The summed E-state index contributed by atoms with van der Waals surface area (Å²) in [5.41, 5.74) is 0.749. The predicted molar refractivity (Wildman–Crippen MR) is 135 cm³/mol. The maximum Gasteiger partial charge on any atom is 0.411 e. The number of nitriles is 1. The van der Waals surface area contributed by atoms with Crippen LogP contribution in [0, 0.1) is 23.1 Å². The summed E-state index contributed by atoms with van der Waals surface area (Å²) in [7, 11) is 0. The highest BCUT2D eigenvalue weighted by Gasteiger charge is 2.52. The van der Waals surface area contributed by atoms with E-state index in [0.717, 1.165) is 57.3 Å². The highest BCUT2D eigenvalue weighted by molar-refractivity contribution is 5.87. The minimum Gasteiger partial charge on any atom is -0.444 e. The van der Waals surface area contributed by atoms with Crippen molar-refractivity contribution in [1.29, 1.82) is 5.26 Å². The number of carbonyl (C=O) groups is 2. The van der Waals surface area contributed by atoms with E-state index < -0.39 is 23.8 Å². The molecule has 2 aliphatic heterocycles. The molecule has 1 saturated carbocycles. The summed E-state index contributed by atoms with van der Waals surface area (Å²) in [4.78, 5) is 30.1. The normalized spacial score (nSPS) is 25.4. The summed E-state index contributed by atoms with van der Waals surface area (Å²) >= 11 is 0. The van der Waals surface area contributed by atoms with Crippen LogP contribution in [0.1, 0.15) is 76.8 Å². The first-order valence-corrected chi connectivity index (χ1v) is 13.3. The Morgan fingerprint density at radius 1 is 1.22 bits per heavy atom. The average molecular weight is 499 g/mol. The summed E-state index contributed by atoms with van der Waals surface area (Å²) in [5, 5.41) is 12.5. The number of ether oxygens (including phenoxy) is 1. The minimum atomic E-state index is -0.884. The van der Waals surface area contributed by atoms with Gasteiger partial charge in [-0.05, 0) is 102 Å². The summed E-state index contributed by atoms with van der Waals surface area (Å²) in [6, 6.07) is 5.85. The summed E-state index contributed by atoms with van der Waals surface area (Å²) < 4.78 is 20.6. The summed E-state index contributed by atoms with van der Waals surface area (Å²) in [6.07, 6.45) is 4.10. The summed E-state index contributed by atoms with van der Waals surface area (Å²) in [6.45, 7) is 10.6. The first-order valence-electron chi connectivity index (χ1n) is 13.3. The van der Waals surface area contributed by atoms with E-state index in [-0.39, 0.29) is 30.1 Å².